The number of rotatable bonds is 4. The maximum Gasteiger partial charge on any atom is 0.136 e. The van der Waals surface area contributed by atoms with Gasteiger partial charge in [0, 0.05) is 16.2 Å². The van der Waals surface area contributed by atoms with Gasteiger partial charge in [-0.1, -0.05) is 36.8 Å². The number of aryl methyl sites for hydroxylation is 1. The smallest absolute Gasteiger partial charge is 0.136 e. The number of thioether (sulfide) groups is 1. The Morgan fingerprint density at radius 2 is 1.70 bits per heavy atom. The van der Waals surface area contributed by atoms with Gasteiger partial charge in [0.2, 0.25) is 0 Å². The van der Waals surface area contributed by atoms with Crippen molar-refractivity contribution in [2.24, 2.45) is 5.73 Å². The van der Waals surface area contributed by atoms with Crippen LogP contribution in [0.2, 0.25) is 0 Å². The van der Waals surface area contributed by atoms with Gasteiger partial charge in [-0.3, -0.25) is 0 Å². The van der Waals surface area contributed by atoms with E-state index in [2.05, 4.69) is 0 Å². The van der Waals surface area contributed by atoms with Crippen molar-refractivity contribution >= 4 is 11.8 Å². The number of halogens is 2. The van der Waals surface area contributed by atoms with Crippen molar-refractivity contribution in [2.45, 2.75) is 30.0 Å². The van der Waals surface area contributed by atoms with Crippen LogP contribution in [0.1, 0.15) is 24.1 Å². The van der Waals surface area contributed by atoms with Crippen LogP contribution in [0.4, 0.5) is 8.78 Å². The number of hydrogen-bond acceptors (Lipinski definition) is 2. The highest BCUT2D eigenvalue weighted by atomic mass is 32.2. The summed E-state index contributed by atoms with van der Waals surface area (Å²) in [5, 5.41) is -0.0611. The molecule has 4 heteroatoms. The fourth-order valence-electron chi connectivity index (χ4n) is 1.90. The van der Waals surface area contributed by atoms with E-state index >= 15 is 0 Å². The molecule has 0 radical (unpaired) electrons. The zero-order chi connectivity index (χ0) is 14.7. The summed E-state index contributed by atoms with van der Waals surface area (Å²) >= 11 is 1.25. The molecule has 0 aliphatic rings. The third kappa shape index (κ3) is 3.58. The van der Waals surface area contributed by atoms with Gasteiger partial charge in [-0.15, -0.1) is 11.8 Å². The third-order valence-corrected chi connectivity index (χ3v) is 4.41. The quantitative estimate of drug-likeness (QED) is 0.843. The molecule has 2 aromatic rings. The zero-order valence-electron chi connectivity index (χ0n) is 11.4. The van der Waals surface area contributed by atoms with E-state index in [-0.39, 0.29) is 11.3 Å². The molecule has 20 heavy (non-hydrogen) atoms. The van der Waals surface area contributed by atoms with Gasteiger partial charge in [-0.25, -0.2) is 8.78 Å². The normalized spacial score (nSPS) is 14.1. The van der Waals surface area contributed by atoms with Crippen LogP contribution in [0.3, 0.4) is 0 Å². The van der Waals surface area contributed by atoms with Crippen molar-refractivity contribution in [3.8, 4) is 0 Å². The van der Waals surface area contributed by atoms with Crippen molar-refractivity contribution in [1.29, 1.82) is 0 Å². The summed E-state index contributed by atoms with van der Waals surface area (Å²) < 4.78 is 26.8. The van der Waals surface area contributed by atoms with Gasteiger partial charge in [0.15, 0.2) is 0 Å². The van der Waals surface area contributed by atoms with Crippen LogP contribution in [0.25, 0.3) is 0 Å². The first kappa shape index (κ1) is 15.0. The molecule has 1 nitrogen and oxygen atoms in total. The summed E-state index contributed by atoms with van der Waals surface area (Å²) in [5.74, 6) is -0.857. The van der Waals surface area contributed by atoms with E-state index in [1.165, 1.54) is 17.8 Å². The molecule has 2 rings (SSSR count). The number of benzene rings is 2. The van der Waals surface area contributed by atoms with Crippen molar-refractivity contribution in [3.63, 3.8) is 0 Å². The van der Waals surface area contributed by atoms with Crippen molar-refractivity contribution < 1.29 is 8.78 Å². The fraction of sp³-hybridized carbons (Fsp3) is 0.250. The highest BCUT2D eigenvalue weighted by Gasteiger charge is 2.18. The van der Waals surface area contributed by atoms with E-state index in [9.17, 15) is 8.78 Å². The third-order valence-electron chi connectivity index (χ3n) is 3.17. The predicted octanol–water partition coefficient (Wildman–Crippen LogP) is 4.45. The second kappa shape index (κ2) is 6.37. The molecule has 0 saturated carbocycles. The first-order valence-electron chi connectivity index (χ1n) is 6.41. The monoisotopic (exact) mass is 293 g/mol. The molecular weight excluding hydrogens is 276 g/mol. The van der Waals surface area contributed by atoms with Gasteiger partial charge in [-0.05, 0) is 30.7 Å². The Labute approximate surface area is 122 Å². The Morgan fingerprint density at radius 3 is 2.35 bits per heavy atom. The SMILES string of the molecule is Cc1ccc(C(N)C(C)Sc2cc(F)ccc2F)cc1. The van der Waals surface area contributed by atoms with Crippen LogP contribution in [-0.4, -0.2) is 5.25 Å². The lowest BCUT2D eigenvalue weighted by Gasteiger charge is -2.20. The minimum absolute atomic E-state index is 0.0611. The summed E-state index contributed by atoms with van der Waals surface area (Å²) in [6.45, 7) is 3.93. The van der Waals surface area contributed by atoms with E-state index in [1.54, 1.807) is 0 Å². The maximum absolute atomic E-state index is 13.6. The highest BCUT2D eigenvalue weighted by Crippen LogP contribution is 2.32. The van der Waals surface area contributed by atoms with E-state index in [1.807, 2.05) is 38.1 Å². The molecule has 0 aliphatic carbocycles. The van der Waals surface area contributed by atoms with Crippen LogP contribution >= 0.6 is 11.8 Å². The van der Waals surface area contributed by atoms with E-state index in [0.717, 1.165) is 23.3 Å². The molecule has 2 unspecified atom stereocenters. The summed E-state index contributed by atoms with van der Waals surface area (Å²) in [5.41, 5.74) is 8.34. The van der Waals surface area contributed by atoms with Crippen LogP contribution in [0.5, 0.6) is 0 Å². The molecular formula is C16H17F2NS. The average Bonchev–Trinajstić information content (AvgIpc) is 2.43. The second-order valence-electron chi connectivity index (χ2n) is 4.83. The van der Waals surface area contributed by atoms with Gasteiger partial charge >= 0.3 is 0 Å². The average molecular weight is 293 g/mol. The topological polar surface area (TPSA) is 26.0 Å². The summed E-state index contributed by atoms with van der Waals surface area (Å²) in [7, 11) is 0. The summed E-state index contributed by atoms with van der Waals surface area (Å²) in [4.78, 5) is 0.292. The standard InChI is InChI=1S/C16H17F2NS/c1-10-3-5-12(6-4-10)16(19)11(2)20-15-9-13(17)7-8-14(15)18/h3-9,11,16H,19H2,1-2H3. The Balaban J connectivity index is 2.13. The van der Waals surface area contributed by atoms with Gasteiger partial charge < -0.3 is 5.73 Å². The van der Waals surface area contributed by atoms with E-state index < -0.39 is 11.6 Å². The van der Waals surface area contributed by atoms with E-state index in [0.29, 0.717) is 4.90 Å². The van der Waals surface area contributed by atoms with Crippen LogP contribution in [-0.2, 0) is 0 Å². The minimum atomic E-state index is -0.440. The van der Waals surface area contributed by atoms with Crippen LogP contribution in [0, 0.1) is 18.6 Å². The van der Waals surface area contributed by atoms with Crippen molar-refractivity contribution in [1.82, 2.24) is 0 Å². The van der Waals surface area contributed by atoms with Gasteiger partial charge in [0.05, 0.1) is 0 Å². The van der Waals surface area contributed by atoms with E-state index in [4.69, 9.17) is 5.73 Å². The molecule has 0 aliphatic heterocycles. The van der Waals surface area contributed by atoms with Gasteiger partial charge in [0.1, 0.15) is 11.6 Å². The minimum Gasteiger partial charge on any atom is -0.323 e. The Kier molecular flexibility index (Phi) is 4.78. The lowest BCUT2D eigenvalue weighted by molar-refractivity contribution is 0.576. The lowest BCUT2D eigenvalue weighted by atomic mass is 10.0. The number of hydrogen-bond donors (Lipinski definition) is 1. The Bertz CT molecular complexity index is 584. The van der Waals surface area contributed by atoms with Crippen molar-refractivity contribution in [3.05, 3.63) is 65.2 Å². The van der Waals surface area contributed by atoms with Crippen molar-refractivity contribution in [2.75, 3.05) is 0 Å². The number of nitrogens with two attached hydrogens (primary N) is 1. The molecule has 106 valence electrons. The molecule has 0 amide bonds. The molecule has 0 heterocycles. The lowest BCUT2D eigenvalue weighted by Crippen LogP contribution is -2.21. The maximum atomic E-state index is 13.6. The summed E-state index contributed by atoms with van der Waals surface area (Å²) in [6, 6.07) is 11.2. The molecule has 2 atom stereocenters. The highest BCUT2D eigenvalue weighted by molar-refractivity contribution is 8.00. The first-order valence-corrected chi connectivity index (χ1v) is 7.29. The van der Waals surface area contributed by atoms with Gasteiger partial charge in [0.25, 0.3) is 0 Å². The van der Waals surface area contributed by atoms with Crippen LogP contribution in [0.15, 0.2) is 47.4 Å². The molecule has 0 aromatic heterocycles. The van der Waals surface area contributed by atoms with Gasteiger partial charge in [-0.2, -0.15) is 0 Å². The Morgan fingerprint density at radius 1 is 1.05 bits per heavy atom. The molecule has 0 spiro atoms. The Hall–Kier alpha value is -1.39. The largest absolute Gasteiger partial charge is 0.323 e. The zero-order valence-corrected chi connectivity index (χ0v) is 12.3. The molecule has 2 N–H and O–H groups in total. The molecule has 0 saturated heterocycles. The van der Waals surface area contributed by atoms with Crippen LogP contribution < -0.4 is 5.73 Å². The molecule has 2 aromatic carbocycles. The predicted molar refractivity (Wildman–Crippen MR) is 79.8 cm³/mol. The molecule has 0 bridgehead atoms. The summed E-state index contributed by atoms with van der Waals surface area (Å²) in [6.07, 6.45) is 0. The first-order chi connectivity index (χ1) is 9.47. The second-order valence-corrected chi connectivity index (χ2v) is 6.25. The fourth-order valence-corrected chi connectivity index (χ4v) is 2.97. The molecule has 0 fully saturated rings.